The molecule has 0 saturated carbocycles. The first-order valence-electron chi connectivity index (χ1n) is 8.76. The molecular formula is C21H15F3O6. The maximum Gasteiger partial charge on any atom is 0.573 e. The van der Waals surface area contributed by atoms with E-state index in [0.717, 1.165) is 0 Å². The van der Waals surface area contributed by atoms with Crippen molar-refractivity contribution in [1.29, 1.82) is 0 Å². The fraction of sp³-hybridized carbons (Fsp3) is 0.190. The van der Waals surface area contributed by atoms with E-state index in [1.807, 2.05) is 0 Å². The van der Waals surface area contributed by atoms with Gasteiger partial charge < -0.3 is 23.0 Å². The van der Waals surface area contributed by atoms with Crippen LogP contribution in [-0.4, -0.2) is 13.5 Å². The molecule has 30 heavy (non-hydrogen) atoms. The third-order valence-corrected chi connectivity index (χ3v) is 4.36. The number of furan rings is 1. The summed E-state index contributed by atoms with van der Waals surface area (Å²) in [6.07, 6.45) is -3.33. The lowest BCUT2D eigenvalue weighted by atomic mass is 10.1. The predicted octanol–water partition coefficient (Wildman–Crippen LogP) is 5.33. The van der Waals surface area contributed by atoms with Gasteiger partial charge in [-0.25, -0.2) is 0 Å². The van der Waals surface area contributed by atoms with E-state index in [1.165, 1.54) is 43.7 Å². The Labute approximate surface area is 167 Å². The number of benzene rings is 2. The lowest BCUT2D eigenvalue weighted by molar-refractivity contribution is -0.274. The predicted molar refractivity (Wildman–Crippen MR) is 101 cm³/mol. The Morgan fingerprint density at radius 2 is 1.77 bits per heavy atom. The maximum absolute atomic E-state index is 12.6. The summed E-state index contributed by atoms with van der Waals surface area (Å²) in [5, 5.41) is 0.742. The van der Waals surface area contributed by atoms with Crippen molar-refractivity contribution in [2.75, 3.05) is 7.11 Å². The molecule has 0 radical (unpaired) electrons. The summed E-state index contributed by atoms with van der Waals surface area (Å²) in [5.41, 5.74) is 0.761. The van der Waals surface area contributed by atoms with Crippen LogP contribution >= 0.6 is 0 Å². The normalized spacial score (nSPS) is 11.8. The fourth-order valence-corrected chi connectivity index (χ4v) is 3.17. The lowest BCUT2D eigenvalue weighted by Gasteiger charge is -2.13. The van der Waals surface area contributed by atoms with Crippen molar-refractivity contribution in [2.24, 2.45) is 0 Å². The largest absolute Gasteiger partial charge is 0.573 e. The molecule has 0 aliphatic carbocycles. The van der Waals surface area contributed by atoms with Crippen LogP contribution in [0.25, 0.3) is 21.9 Å². The third-order valence-electron chi connectivity index (χ3n) is 4.36. The van der Waals surface area contributed by atoms with E-state index in [0.29, 0.717) is 28.0 Å². The molecule has 0 N–H and O–H groups in total. The molecule has 2 heterocycles. The van der Waals surface area contributed by atoms with Crippen molar-refractivity contribution in [3.63, 3.8) is 0 Å². The van der Waals surface area contributed by atoms with Crippen LogP contribution in [0.1, 0.15) is 11.3 Å². The summed E-state index contributed by atoms with van der Waals surface area (Å²) in [6.45, 7) is 1.62. The average molecular weight is 420 g/mol. The Hall–Kier alpha value is -3.62. The highest BCUT2D eigenvalue weighted by Crippen LogP contribution is 2.42. The maximum atomic E-state index is 12.6. The molecule has 0 spiro atoms. The van der Waals surface area contributed by atoms with Crippen LogP contribution in [0.5, 0.6) is 17.2 Å². The van der Waals surface area contributed by atoms with Gasteiger partial charge in [-0.3, -0.25) is 4.79 Å². The number of hydrogen-bond donors (Lipinski definition) is 0. The highest BCUT2D eigenvalue weighted by atomic mass is 19.4. The van der Waals surface area contributed by atoms with Crippen molar-refractivity contribution < 1.29 is 36.2 Å². The van der Waals surface area contributed by atoms with Crippen LogP contribution in [0, 0.1) is 6.92 Å². The van der Waals surface area contributed by atoms with Crippen molar-refractivity contribution in [2.45, 2.75) is 19.9 Å². The number of alkyl halides is 3. The molecule has 0 saturated heterocycles. The first-order chi connectivity index (χ1) is 14.3. The van der Waals surface area contributed by atoms with E-state index in [4.69, 9.17) is 18.3 Å². The number of ether oxygens (including phenoxy) is 3. The Kier molecular flexibility index (Phi) is 4.81. The molecule has 6 nitrogen and oxygen atoms in total. The number of fused-ring (bicyclic) bond motifs is 2. The molecular weight excluding hydrogens is 405 g/mol. The van der Waals surface area contributed by atoms with Gasteiger partial charge in [0.1, 0.15) is 29.3 Å². The summed E-state index contributed by atoms with van der Waals surface area (Å²) in [7, 11) is 1.44. The minimum absolute atomic E-state index is 0.0127. The Bertz CT molecular complexity index is 1270. The van der Waals surface area contributed by atoms with E-state index in [9.17, 15) is 18.0 Å². The van der Waals surface area contributed by atoms with E-state index in [2.05, 4.69) is 4.74 Å². The number of methoxy groups -OCH3 is 1. The minimum atomic E-state index is -4.76. The van der Waals surface area contributed by atoms with Crippen LogP contribution in [0.4, 0.5) is 13.2 Å². The van der Waals surface area contributed by atoms with Crippen molar-refractivity contribution in [3.05, 3.63) is 64.2 Å². The quantitative estimate of drug-likeness (QED) is 0.434. The number of rotatable bonds is 5. The van der Waals surface area contributed by atoms with Gasteiger partial charge in [0.25, 0.3) is 0 Å². The van der Waals surface area contributed by atoms with Crippen LogP contribution in [0.3, 0.4) is 0 Å². The van der Waals surface area contributed by atoms with Gasteiger partial charge in [-0.2, -0.15) is 0 Å². The Morgan fingerprint density at radius 1 is 1.03 bits per heavy atom. The van der Waals surface area contributed by atoms with Crippen molar-refractivity contribution in [1.82, 2.24) is 0 Å². The van der Waals surface area contributed by atoms with E-state index in [1.54, 1.807) is 13.0 Å². The molecule has 156 valence electrons. The van der Waals surface area contributed by atoms with Gasteiger partial charge >= 0.3 is 6.36 Å². The van der Waals surface area contributed by atoms with Crippen LogP contribution in [0.2, 0.25) is 0 Å². The fourth-order valence-electron chi connectivity index (χ4n) is 3.17. The summed E-state index contributed by atoms with van der Waals surface area (Å²) in [4.78, 5) is 12.6. The minimum Gasteiger partial charge on any atom is -0.495 e. The molecule has 4 aromatic rings. The first-order valence-corrected chi connectivity index (χ1v) is 8.76. The number of hydrogen-bond acceptors (Lipinski definition) is 6. The highest BCUT2D eigenvalue weighted by Gasteiger charge is 2.31. The van der Waals surface area contributed by atoms with Crippen LogP contribution < -0.4 is 19.6 Å². The zero-order chi connectivity index (χ0) is 21.5. The van der Waals surface area contributed by atoms with E-state index in [-0.39, 0.29) is 34.5 Å². The standard InChI is InChI=1S/C21H15F3O6/c1-11-9-15(25)16-17(26-2)14-7-8-27-18(14)20(19(16)29-11)28-10-12-3-5-13(6-4-12)30-21(22,23)24/h3-9H,10H2,1-2H3. The van der Waals surface area contributed by atoms with Gasteiger partial charge in [0.15, 0.2) is 16.6 Å². The van der Waals surface area contributed by atoms with Gasteiger partial charge in [-0.15, -0.1) is 13.2 Å². The molecule has 0 unspecified atom stereocenters. The zero-order valence-corrected chi connectivity index (χ0v) is 15.8. The summed E-state index contributed by atoms with van der Waals surface area (Å²) in [5.74, 6) is 0.542. The zero-order valence-electron chi connectivity index (χ0n) is 15.8. The first kappa shape index (κ1) is 19.7. The number of halogens is 3. The second-order valence-electron chi connectivity index (χ2n) is 6.43. The topological polar surface area (TPSA) is 71.0 Å². The second kappa shape index (κ2) is 7.33. The molecule has 2 aromatic carbocycles. The monoisotopic (exact) mass is 420 g/mol. The van der Waals surface area contributed by atoms with E-state index < -0.39 is 6.36 Å². The SMILES string of the molecule is COc1c2ccoc2c(OCc2ccc(OC(F)(F)F)cc2)c2oc(C)cc(=O)c12. The average Bonchev–Trinajstić information content (AvgIpc) is 3.15. The van der Waals surface area contributed by atoms with Gasteiger partial charge in [-0.1, -0.05) is 12.1 Å². The molecule has 2 aromatic heterocycles. The summed E-state index contributed by atoms with van der Waals surface area (Å²) < 4.78 is 63.3. The van der Waals surface area contributed by atoms with Crippen molar-refractivity contribution >= 4 is 21.9 Å². The summed E-state index contributed by atoms with van der Waals surface area (Å²) >= 11 is 0. The number of aryl methyl sites for hydroxylation is 1. The Morgan fingerprint density at radius 3 is 2.43 bits per heavy atom. The lowest BCUT2D eigenvalue weighted by Crippen LogP contribution is -2.17. The molecule has 0 fully saturated rings. The van der Waals surface area contributed by atoms with Crippen LogP contribution in [0.15, 0.2) is 56.3 Å². The van der Waals surface area contributed by atoms with Gasteiger partial charge in [0.2, 0.25) is 5.75 Å². The second-order valence-corrected chi connectivity index (χ2v) is 6.43. The Balaban J connectivity index is 1.74. The van der Waals surface area contributed by atoms with Crippen LogP contribution in [-0.2, 0) is 6.61 Å². The van der Waals surface area contributed by atoms with Gasteiger partial charge in [0.05, 0.1) is 18.8 Å². The smallest absolute Gasteiger partial charge is 0.495 e. The van der Waals surface area contributed by atoms with Gasteiger partial charge in [0, 0.05) is 6.07 Å². The molecule has 0 amide bonds. The molecule has 0 bridgehead atoms. The van der Waals surface area contributed by atoms with Gasteiger partial charge in [-0.05, 0) is 30.7 Å². The molecule has 4 rings (SSSR count). The summed E-state index contributed by atoms with van der Waals surface area (Å²) in [6, 6.07) is 8.24. The molecule has 0 atom stereocenters. The van der Waals surface area contributed by atoms with E-state index >= 15 is 0 Å². The molecule has 0 aliphatic heterocycles. The molecule has 0 aliphatic rings. The van der Waals surface area contributed by atoms with Crippen molar-refractivity contribution in [3.8, 4) is 17.2 Å². The highest BCUT2D eigenvalue weighted by molar-refractivity contribution is 6.06. The molecule has 9 heteroatoms. The third kappa shape index (κ3) is 3.66.